The van der Waals surface area contributed by atoms with Crippen LogP contribution in [0, 0.1) is 10.1 Å². The Morgan fingerprint density at radius 2 is 2.21 bits per heavy atom. The number of aliphatic hydroxyl groups is 2. The van der Waals surface area contributed by atoms with Crippen LogP contribution in [-0.4, -0.2) is 53.5 Å². The zero-order valence-corrected chi connectivity index (χ0v) is 15.1. The van der Waals surface area contributed by atoms with Crippen molar-refractivity contribution in [1.82, 2.24) is 19.5 Å². The van der Waals surface area contributed by atoms with Crippen LogP contribution < -0.4 is 10.9 Å². The van der Waals surface area contributed by atoms with Gasteiger partial charge in [0.25, 0.3) is 11.2 Å². The van der Waals surface area contributed by atoms with Gasteiger partial charge >= 0.3 is 0 Å². The van der Waals surface area contributed by atoms with E-state index in [-0.39, 0.29) is 42.4 Å². The van der Waals surface area contributed by atoms with E-state index in [0.29, 0.717) is 5.56 Å². The topological polar surface area (TPSA) is 168 Å². The summed E-state index contributed by atoms with van der Waals surface area (Å²) in [6.07, 6.45) is -0.610. The number of H-pyrrole nitrogens is 1. The Labute approximate surface area is 162 Å². The van der Waals surface area contributed by atoms with Crippen molar-refractivity contribution in [2.75, 3.05) is 11.9 Å². The minimum absolute atomic E-state index is 0.0446. The maximum atomic E-state index is 12.3. The summed E-state index contributed by atoms with van der Waals surface area (Å²) in [4.78, 5) is 34.0. The molecule has 152 valence electrons. The molecule has 2 aromatic heterocycles. The lowest BCUT2D eigenvalue weighted by Gasteiger charge is -2.14. The second-order valence-electron chi connectivity index (χ2n) is 6.59. The van der Waals surface area contributed by atoms with Crippen LogP contribution in [0.25, 0.3) is 11.2 Å². The summed E-state index contributed by atoms with van der Waals surface area (Å²) in [6.45, 7) is -0.258. The van der Waals surface area contributed by atoms with Crippen LogP contribution in [0.3, 0.4) is 0 Å². The molecule has 1 saturated heterocycles. The van der Waals surface area contributed by atoms with E-state index in [1.807, 2.05) is 0 Å². The molecule has 29 heavy (non-hydrogen) atoms. The van der Waals surface area contributed by atoms with Crippen molar-refractivity contribution in [3.05, 3.63) is 56.6 Å². The van der Waals surface area contributed by atoms with Gasteiger partial charge in [0, 0.05) is 24.6 Å². The van der Waals surface area contributed by atoms with Gasteiger partial charge in [-0.2, -0.15) is 4.98 Å². The number of ether oxygens (including phenoxy) is 1. The fourth-order valence-electron chi connectivity index (χ4n) is 3.29. The first-order valence-corrected chi connectivity index (χ1v) is 8.85. The zero-order chi connectivity index (χ0) is 20.5. The van der Waals surface area contributed by atoms with E-state index in [1.165, 1.54) is 17.0 Å². The third-order valence-corrected chi connectivity index (χ3v) is 4.76. The van der Waals surface area contributed by atoms with Gasteiger partial charge in [-0.25, -0.2) is 4.98 Å². The second-order valence-corrected chi connectivity index (χ2v) is 6.59. The van der Waals surface area contributed by atoms with Gasteiger partial charge in [-0.1, -0.05) is 18.2 Å². The van der Waals surface area contributed by atoms with Crippen LogP contribution in [0.4, 0.5) is 11.6 Å². The minimum atomic E-state index is -0.847. The number of nitro groups is 1. The highest BCUT2D eigenvalue weighted by Crippen LogP contribution is 2.30. The lowest BCUT2D eigenvalue weighted by Crippen LogP contribution is -2.24. The number of fused-ring (bicyclic) bond motifs is 1. The van der Waals surface area contributed by atoms with Crippen LogP contribution in [0.5, 0.6) is 0 Å². The largest absolute Gasteiger partial charge is 0.394 e. The van der Waals surface area contributed by atoms with Crippen molar-refractivity contribution < 1.29 is 19.9 Å². The second kappa shape index (κ2) is 7.58. The number of nitrogens with one attached hydrogen (secondary N) is 2. The summed E-state index contributed by atoms with van der Waals surface area (Å²) >= 11 is 0. The molecule has 3 heterocycles. The Morgan fingerprint density at radius 3 is 2.93 bits per heavy atom. The molecule has 4 rings (SSSR count). The Bertz CT molecular complexity index is 1110. The minimum Gasteiger partial charge on any atom is -0.394 e. The Morgan fingerprint density at radius 1 is 1.41 bits per heavy atom. The van der Waals surface area contributed by atoms with Crippen LogP contribution >= 0.6 is 0 Å². The molecule has 0 amide bonds. The van der Waals surface area contributed by atoms with Gasteiger partial charge in [0.15, 0.2) is 11.2 Å². The van der Waals surface area contributed by atoms with E-state index in [2.05, 4.69) is 20.3 Å². The van der Waals surface area contributed by atoms with E-state index in [4.69, 9.17) is 4.74 Å². The van der Waals surface area contributed by atoms with Gasteiger partial charge in [-0.05, 0) is 0 Å². The number of nitro benzene ring substituents is 1. The van der Waals surface area contributed by atoms with Gasteiger partial charge in [0.05, 0.1) is 24.0 Å². The molecule has 0 spiro atoms. The maximum absolute atomic E-state index is 12.3. The summed E-state index contributed by atoms with van der Waals surface area (Å²) in [7, 11) is 0. The first-order valence-electron chi connectivity index (χ1n) is 8.85. The summed E-state index contributed by atoms with van der Waals surface area (Å²) in [5.74, 6) is 0.111. The van der Waals surface area contributed by atoms with Gasteiger partial charge in [0.1, 0.15) is 12.3 Å². The molecule has 1 aliphatic heterocycles. The highest BCUT2D eigenvalue weighted by atomic mass is 16.6. The molecule has 1 unspecified atom stereocenters. The molecule has 1 fully saturated rings. The van der Waals surface area contributed by atoms with Crippen LogP contribution in [0.1, 0.15) is 18.2 Å². The molecule has 0 bridgehead atoms. The van der Waals surface area contributed by atoms with Crippen molar-refractivity contribution in [3.63, 3.8) is 0 Å². The molecule has 1 aromatic carbocycles. The first-order chi connectivity index (χ1) is 14.0. The number of para-hydroxylation sites is 1. The van der Waals surface area contributed by atoms with Crippen LogP contribution in [-0.2, 0) is 11.3 Å². The number of aromatic nitrogens is 4. The molecule has 0 radical (unpaired) electrons. The van der Waals surface area contributed by atoms with E-state index < -0.39 is 28.9 Å². The summed E-state index contributed by atoms with van der Waals surface area (Å²) in [6, 6.07) is 6.25. The lowest BCUT2D eigenvalue weighted by atomic mass is 10.2. The number of aromatic amines is 1. The fraction of sp³-hybridized carbons (Fsp3) is 0.353. The van der Waals surface area contributed by atoms with Crippen LogP contribution in [0.2, 0.25) is 0 Å². The molecule has 12 heteroatoms. The number of hydrogen-bond acceptors (Lipinski definition) is 9. The Kier molecular flexibility index (Phi) is 4.96. The van der Waals surface area contributed by atoms with Crippen molar-refractivity contribution in [1.29, 1.82) is 0 Å². The number of anilines is 1. The molecule has 0 aliphatic carbocycles. The molecule has 3 aromatic rings. The van der Waals surface area contributed by atoms with Gasteiger partial charge in [0.2, 0.25) is 5.95 Å². The summed E-state index contributed by atoms with van der Waals surface area (Å²) < 4.78 is 7.12. The number of rotatable bonds is 6. The lowest BCUT2D eigenvalue weighted by molar-refractivity contribution is -0.385. The predicted octanol–water partition coefficient (Wildman–Crippen LogP) is 0.281. The van der Waals surface area contributed by atoms with E-state index >= 15 is 0 Å². The Hall–Kier alpha value is -3.35. The summed E-state index contributed by atoms with van der Waals surface area (Å²) in [5.41, 5.74) is 0.219. The van der Waals surface area contributed by atoms with Gasteiger partial charge < -0.3 is 20.3 Å². The number of imidazole rings is 1. The monoisotopic (exact) mass is 402 g/mol. The van der Waals surface area contributed by atoms with Gasteiger partial charge in [-0.3, -0.25) is 24.5 Å². The molecular weight excluding hydrogens is 384 g/mol. The zero-order valence-electron chi connectivity index (χ0n) is 15.1. The van der Waals surface area contributed by atoms with Gasteiger partial charge in [-0.15, -0.1) is 0 Å². The third kappa shape index (κ3) is 3.55. The smallest absolute Gasteiger partial charge is 0.280 e. The molecule has 3 atom stereocenters. The number of benzene rings is 1. The third-order valence-electron chi connectivity index (χ3n) is 4.76. The molecule has 0 saturated carbocycles. The number of nitrogens with zero attached hydrogens (tertiary/aromatic N) is 4. The molecule has 1 aliphatic rings. The van der Waals surface area contributed by atoms with E-state index in [1.54, 1.807) is 18.2 Å². The average Bonchev–Trinajstić information content (AvgIpc) is 3.29. The molecule has 4 N–H and O–H groups in total. The normalized spacial score (nSPS) is 21.5. The quantitative estimate of drug-likeness (QED) is 0.334. The summed E-state index contributed by atoms with van der Waals surface area (Å²) in [5, 5.41) is 33.2. The number of aliphatic hydroxyl groups excluding tert-OH is 2. The fourth-order valence-corrected chi connectivity index (χ4v) is 3.29. The van der Waals surface area contributed by atoms with Crippen molar-refractivity contribution in [2.24, 2.45) is 0 Å². The first kappa shape index (κ1) is 19.0. The van der Waals surface area contributed by atoms with Crippen molar-refractivity contribution in [2.45, 2.75) is 31.4 Å². The van der Waals surface area contributed by atoms with Crippen molar-refractivity contribution >= 4 is 22.8 Å². The maximum Gasteiger partial charge on any atom is 0.280 e. The SMILES string of the molecule is O=c1[nH]c(NCc2ccccc2[N+](=O)[O-])nc2c1ncn2[C@H]1CC(O)[C@@H](CO)O1. The van der Waals surface area contributed by atoms with E-state index in [9.17, 15) is 25.1 Å². The van der Waals surface area contributed by atoms with E-state index in [0.717, 1.165) is 0 Å². The molecular formula is C17H18N6O6. The average molecular weight is 402 g/mol. The highest BCUT2D eigenvalue weighted by molar-refractivity contribution is 5.71. The molecule has 12 nitrogen and oxygen atoms in total. The van der Waals surface area contributed by atoms with Crippen molar-refractivity contribution in [3.8, 4) is 0 Å². The standard InChI is InChI=1S/C17H18N6O6/c24-7-12-11(25)5-13(29-12)22-8-19-14-15(22)20-17(21-16(14)26)18-6-9-3-1-2-4-10(9)23(27)28/h1-4,8,11-13,24-25H,5-7H2,(H2,18,20,21,26)/t11?,12-,13-/m1/s1. The highest BCUT2D eigenvalue weighted by Gasteiger charge is 2.35. The number of hydrogen-bond donors (Lipinski definition) is 4. The predicted molar refractivity (Wildman–Crippen MR) is 100 cm³/mol. The van der Waals surface area contributed by atoms with Crippen LogP contribution in [0.15, 0.2) is 35.4 Å². The Balaban J connectivity index is 1.62.